The standard InChI is InChI=1S/C18H16F3NO5/c1-26-16(24)17(25,18(19,20)21)11-15(23)22-12-7-9-14(10-8-12)27-13-5-3-2-4-6-13/h2-10,25H,11H2,1H3,(H,22,23)/t17-/m1/s1. The lowest BCUT2D eigenvalue weighted by atomic mass is 9.98. The van der Waals surface area contributed by atoms with Crippen molar-refractivity contribution in [3.63, 3.8) is 0 Å². The summed E-state index contributed by atoms with van der Waals surface area (Å²) in [6.45, 7) is 0. The Bertz CT molecular complexity index is 793. The molecule has 144 valence electrons. The van der Waals surface area contributed by atoms with Crippen LogP contribution >= 0.6 is 0 Å². The molecular weight excluding hydrogens is 367 g/mol. The molecule has 0 aliphatic rings. The maximum Gasteiger partial charge on any atom is 0.428 e. The summed E-state index contributed by atoms with van der Waals surface area (Å²) in [5, 5.41) is 11.8. The third kappa shape index (κ3) is 4.98. The number of para-hydroxylation sites is 1. The number of carbonyl (C=O) groups is 2. The summed E-state index contributed by atoms with van der Waals surface area (Å²) in [5.74, 6) is -2.14. The summed E-state index contributed by atoms with van der Waals surface area (Å²) in [4.78, 5) is 23.2. The van der Waals surface area contributed by atoms with Gasteiger partial charge in [-0.2, -0.15) is 13.2 Å². The van der Waals surface area contributed by atoms with Crippen molar-refractivity contribution in [3.05, 3.63) is 54.6 Å². The molecular formula is C18H16F3NO5. The van der Waals surface area contributed by atoms with E-state index >= 15 is 0 Å². The van der Waals surface area contributed by atoms with E-state index in [9.17, 15) is 27.9 Å². The topological polar surface area (TPSA) is 84.9 Å². The number of ether oxygens (including phenoxy) is 2. The highest BCUT2D eigenvalue weighted by Crippen LogP contribution is 2.34. The molecule has 2 aromatic carbocycles. The van der Waals surface area contributed by atoms with Crippen LogP contribution in [0.1, 0.15) is 6.42 Å². The summed E-state index contributed by atoms with van der Waals surface area (Å²) >= 11 is 0. The van der Waals surface area contributed by atoms with Crippen molar-refractivity contribution in [2.45, 2.75) is 18.2 Å². The first-order valence-corrected chi connectivity index (χ1v) is 7.66. The van der Waals surface area contributed by atoms with Crippen molar-refractivity contribution in [1.82, 2.24) is 0 Å². The van der Waals surface area contributed by atoms with Crippen LogP contribution in [0.3, 0.4) is 0 Å². The second-order valence-corrected chi connectivity index (χ2v) is 5.51. The van der Waals surface area contributed by atoms with Crippen LogP contribution in [-0.4, -0.2) is 35.9 Å². The molecule has 0 bridgehead atoms. The zero-order valence-electron chi connectivity index (χ0n) is 14.1. The SMILES string of the molecule is COC(=O)[C@](O)(CC(=O)Nc1ccc(Oc2ccccc2)cc1)C(F)(F)F. The number of esters is 1. The summed E-state index contributed by atoms with van der Waals surface area (Å²) in [6, 6.07) is 14.7. The van der Waals surface area contributed by atoms with E-state index in [0.29, 0.717) is 18.6 Å². The lowest BCUT2D eigenvalue weighted by molar-refractivity contribution is -0.261. The first-order chi connectivity index (χ1) is 12.7. The second-order valence-electron chi connectivity index (χ2n) is 5.51. The molecule has 0 saturated heterocycles. The minimum atomic E-state index is -5.37. The summed E-state index contributed by atoms with van der Waals surface area (Å²) in [6.07, 6.45) is -6.91. The number of methoxy groups -OCH3 is 1. The van der Waals surface area contributed by atoms with E-state index in [1.807, 2.05) is 6.07 Å². The molecule has 1 amide bonds. The first kappa shape index (κ1) is 20.2. The Kier molecular flexibility index (Phi) is 6.06. The van der Waals surface area contributed by atoms with Crippen LogP contribution in [0.25, 0.3) is 0 Å². The fraction of sp³-hybridized carbons (Fsp3) is 0.222. The van der Waals surface area contributed by atoms with Gasteiger partial charge in [-0.05, 0) is 36.4 Å². The van der Waals surface area contributed by atoms with Crippen LogP contribution in [0, 0.1) is 0 Å². The van der Waals surface area contributed by atoms with Gasteiger partial charge in [-0.3, -0.25) is 4.79 Å². The number of anilines is 1. The molecule has 0 fully saturated rings. The van der Waals surface area contributed by atoms with Crippen molar-refractivity contribution in [1.29, 1.82) is 0 Å². The molecule has 0 radical (unpaired) electrons. The number of hydrogen-bond acceptors (Lipinski definition) is 5. The minimum Gasteiger partial charge on any atom is -0.467 e. The van der Waals surface area contributed by atoms with E-state index < -0.39 is 30.1 Å². The predicted octanol–water partition coefficient (Wildman–Crippen LogP) is 3.27. The molecule has 0 heterocycles. The van der Waals surface area contributed by atoms with Gasteiger partial charge in [0.15, 0.2) is 0 Å². The average Bonchev–Trinajstić information content (AvgIpc) is 2.62. The number of carbonyl (C=O) groups excluding carboxylic acids is 2. The van der Waals surface area contributed by atoms with Crippen LogP contribution in [0.4, 0.5) is 18.9 Å². The molecule has 0 unspecified atom stereocenters. The Hall–Kier alpha value is -3.07. The predicted molar refractivity (Wildman–Crippen MR) is 89.2 cm³/mol. The smallest absolute Gasteiger partial charge is 0.428 e. The van der Waals surface area contributed by atoms with Crippen LogP contribution in [0.15, 0.2) is 54.6 Å². The monoisotopic (exact) mass is 383 g/mol. The normalized spacial score (nSPS) is 13.4. The van der Waals surface area contributed by atoms with Crippen LogP contribution in [0.5, 0.6) is 11.5 Å². The van der Waals surface area contributed by atoms with Crippen LogP contribution in [0.2, 0.25) is 0 Å². The molecule has 2 rings (SSSR count). The lowest BCUT2D eigenvalue weighted by Crippen LogP contribution is -2.54. The Morgan fingerprint density at radius 2 is 1.56 bits per heavy atom. The van der Waals surface area contributed by atoms with Gasteiger partial charge in [0.1, 0.15) is 11.5 Å². The minimum absolute atomic E-state index is 0.162. The zero-order valence-corrected chi connectivity index (χ0v) is 14.1. The van der Waals surface area contributed by atoms with E-state index in [2.05, 4.69) is 10.1 Å². The van der Waals surface area contributed by atoms with Gasteiger partial charge in [0.2, 0.25) is 5.91 Å². The van der Waals surface area contributed by atoms with E-state index in [0.717, 1.165) is 0 Å². The number of aliphatic hydroxyl groups is 1. The number of nitrogens with one attached hydrogen (secondary N) is 1. The highest BCUT2D eigenvalue weighted by atomic mass is 19.4. The molecule has 1 atom stereocenters. The molecule has 0 saturated carbocycles. The van der Waals surface area contributed by atoms with Gasteiger partial charge in [-0.1, -0.05) is 18.2 Å². The van der Waals surface area contributed by atoms with Crippen LogP contribution in [-0.2, 0) is 14.3 Å². The van der Waals surface area contributed by atoms with Gasteiger partial charge in [0.25, 0.3) is 5.60 Å². The third-order valence-corrected chi connectivity index (χ3v) is 3.53. The van der Waals surface area contributed by atoms with Gasteiger partial charge >= 0.3 is 12.1 Å². The van der Waals surface area contributed by atoms with Crippen molar-refractivity contribution in [2.75, 3.05) is 12.4 Å². The first-order valence-electron chi connectivity index (χ1n) is 7.66. The largest absolute Gasteiger partial charge is 0.467 e. The van der Waals surface area contributed by atoms with Crippen LogP contribution < -0.4 is 10.1 Å². The van der Waals surface area contributed by atoms with Crippen molar-refractivity contribution in [2.24, 2.45) is 0 Å². The van der Waals surface area contributed by atoms with Gasteiger partial charge < -0.3 is 19.9 Å². The van der Waals surface area contributed by atoms with E-state index in [4.69, 9.17) is 4.74 Å². The van der Waals surface area contributed by atoms with Gasteiger partial charge in [0, 0.05) is 5.69 Å². The van der Waals surface area contributed by atoms with Crippen molar-refractivity contribution < 1.29 is 37.3 Å². The average molecular weight is 383 g/mol. The molecule has 0 aliphatic heterocycles. The van der Waals surface area contributed by atoms with Gasteiger partial charge in [-0.25, -0.2) is 4.79 Å². The summed E-state index contributed by atoms with van der Waals surface area (Å²) < 4.78 is 48.4. The second kappa shape index (κ2) is 8.09. The molecule has 2 aromatic rings. The zero-order chi connectivity index (χ0) is 20.1. The number of benzene rings is 2. The molecule has 9 heteroatoms. The number of rotatable bonds is 6. The van der Waals surface area contributed by atoms with E-state index in [1.165, 1.54) is 24.3 Å². The maximum atomic E-state index is 13.0. The number of halogens is 3. The number of amides is 1. The Balaban J connectivity index is 2.03. The molecule has 0 spiro atoms. The quantitative estimate of drug-likeness (QED) is 0.748. The van der Waals surface area contributed by atoms with Gasteiger partial charge in [0.05, 0.1) is 13.5 Å². The molecule has 0 aromatic heterocycles. The highest BCUT2D eigenvalue weighted by Gasteiger charge is 2.61. The van der Waals surface area contributed by atoms with E-state index in [1.54, 1.807) is 24.3 Å². The third-order valence-electron chi connectivity index (χ3n) is 3.53. The summed E-state index contributed by atoms with van der Waals surface area (Å²) in [7, 11) is 0.683. The fourth-order valence-corrected chi connectivity index (χ4v) is 2.13. The highest BCUT2D eigenvalue weighted by molar-refractivity contribution is 5.96. The Morgan fingerprint density at radius 1 is 1.00 bits per heavy atom. The fourth-order valence-electron chi connectivity index (χ4n) is 2.13. The van der Waals surface area contributed by atoms with Crippen molar-refractivity contribution in [3.8, 4) is 11.5 Å². The number of hydrogen-bond donors (Lipinski definition) is 2. The Morgan fingerprint density at radius 3 is 2.07 bits per heavy atom. The molecule has 27 heavy (non-hydrogen) atoms. The Labute approximate surface area is 152 Å². The van der Waals surface area contributed by atoms with E-state index in [-0.39, 0.29) is 5.69 Å². The number of alkyl halides is 3. The van der Waals surface area contributed by atoms with Gasteiger partial charge in [-0.15, -0.1) is 0 Å². The van der Waals surface area contributed by atoms with Crippen molar-refractivity contribution >= 4 is 17.6 Å². The molecule has 0 aliphatic carbocycles. The maximum absolute atomic E-state index is 13.0. The lowest BCUT2D eigenvalue weighted by Gasteiger charge is -2.26. The molecule has 2 N–H and O–H groups in total. The molecule has 6 nitrogen and oxygen atoms in total. The summed E-state index contributed by atoms with van der Waals surface area (Å²) in [5.41, 5.74) is -3.77.